The fraction of sp³-hybridized carbons (Fsp3) is 0.0294. The van der Waals surface area contributed by atoms with Gasteiger partial charge in [0, 0.05) is 38.0 Å². The molecular formula is C68H43NOS. The quantitative estimate of drug-likeness (QED) is 0.171. The molecule has 0 atom stereocenters. The van der Waals surface area contributed by atoms with Gasteiger partial charge in [-0.15, -0.1) is 0 Å². The molecular weight excluding hydrogens is 879 g/mol. The van der Waals surface area contributed by atoms with Crippen LogP contribution in [-0.4, -0.2) is 0 Å². The van der Waals surface area contributed by atoms with Crippen molar-refractivity contribution >= 4 is 28.8 Å². The molecule has 4 aliphatic rings. The van der Waals surface area contributed by atoms with Crippen molar-refractivity contribution in [3.8, 4) is 56.0 Å². The summed E-state index contributed by atoms with van der Waals surface area (Å²) >= 11 is 1.88. The van der Waals surface area contributed by atoms with E-state index in [4.69, 9.17) is 4.74 Å². The first-order valence-electron chi connectivity index (χ1n) is 24.5. The van der Waals surface area contributed by atoms with E-state index in [0.29, 0.717) is 0 Å². The van der Waals surface area contributed by atoms with Gasteiger partial charge in [-0.1, -0.05) is 212 Å². The number of nitrogens with zero attached hydrogens (tertiary/aromatic N) is 1. The summed E-state index contributed by atoms with van der Waals surface area (Å²) in [6.07, 6.45) is 0. The van der Waals surface area contributed by atoms with E-state index < -0.39 is 10.8 Å². The smallest absolute Gasteiger partial charge is 0.132 e. The summed E-state index contributed by atoms with van der Waals surface area (Å²) in [5, 5.41) is 0. The van der Waals surface area contributed by atoms with Crippen molar-refractivity contribution in [2.75, 3.05) is 4.90 Å². The molecule has 2 heterocycles. The van der Waals surface area contributed by atoms with Gasteiger partial charge in [0.1, 0.15) is 11.5 Å². The van der Waals surface area contributed by atoms with Crippen LogP contribution in [0.3, 0.4) is 0 Å². The van der Waals surface area contributed by atoms with E-state index in [1.165, 1.54) is 76.6 Å². The molecule has 332 valence electrons. The zero-order valence-corrected chi connectivity index (χ0v) is 39.4. The number of hydrogen-bond donors (Lipinski definition) is 0. The van der Waals surface area contributed by atoms with Gasteiger partial charge < -0.3 is 9.64 Å². The molecule has 0 saturated carbocycles. The lowest BCUT2D eigenvalue weighted by molar-refractivity contribution is 0.436. The number of anilines is 3. The average Bonchev–Trinajstić information content (AvgIpc) is 3.90. The zero-order chi connectivity index (χ0) is 46.7. The molecule has 0 radical (unpaired) electrons. The van der Waals surface area contributed by atoms with Crippen LogP contribution in [-0.2, 0) is 10.8 Å². The zero-order valence-electron chi connectivity index (χ0n) is 38.6. The molecule has 2 aliphatic heterocycles. The van der Waals surface area contributed by atoms with E-state index >= 15 is 0 Å². The number of rotatable bonds is 5. The summed E-state index contributed by atoms with van der Waals surface area (Å²) in [4.78, 5) is 5.04. The van der Waals surface area contributed by atoms with Crippen molar-refractivity contribution in [1.29, 1.82) is 0 Å². The van der Waals surface area contributed by atoms with Gasteiger partial charge in [0.15, 0.2) is 0 Å². The first-order valence-corrected chi connectivity index (χ1v) is 25.3. The maximum atomic E-state index is 6.98. The van der Waals surface area contributed by atoms with Gasteiger partial charge in [0.2, 0.25) is 0 Å². The maximum absolute atomic E-state index is 6.98. The third kappa shape index (κ3) is 5.67. The molecule has 15 rings (SSSR count). The second-order valence-corrected chi connectivity index (χ2v) is 20.2. The van der Waals surface area contributed by atoms with Gasteiger partial charge in [-0.2, -0.15) is 0 Å². The van der Waals surface area contributed by atoms with Gasteiger partial charge in [-0.05, 0) is 139 Å². The van der Waals surface area contributed by atoms with E-state index in [9.17, 15) is 0 Å². The van der Waals surface area contributed by atoms with Crippen molar-refractivity contribution in [2.45, 2.75) is 20.6 Å². The van der Waals surface area contributed by atoms with Gasteiger partial charge in [0.05, 0.1) is 10.8 Å². The van der Waals surface area contributed by atoms with Crippen molar-refractivity contribution in [2.24, 2.45) is 0 Å². The second-order valence-electron chi connectivity index (χ2n) is 19.1. The summed E-state index contributed by atoms with van der Waals surface area (Å²) in [6, 6.07) is 96.6. The van der Waals surface area contributed by atoms with Crippen LogP contribution in [0.1, 0.15) is 44.5 Å². The van der Waals surface area contributed by atoms with Crippen LogP contribution in [0.15, 0.2) is 271 Å². The molecule has 0 fully saturated rings. The van der Waals surface area contributed by atoms with E-state index in [-0.39, 0.29) is 0 Å². The van der Waals surface area contributed by atoms with Crippen LogP contribution < -0.4 is 9.64 Å². The molecule has 0 N–H and O–H groups in total. The molecule has 2 nitrogen and oxygen atoms in total. The van der Waals surface area contributed by atoms with Crippen LogP contribution in [0.2, 0.25) is 0 Å². The van der Waals surface area contributed by atoms with Crippen molar-refractivity contribution < 1.29 is 4.74 Å². The summed E-state index contributed by atoms with van der Waals surface area (Å²) < 4.78 is 6.98. The fourth-order valence-electron chi connectivity index (χ4n) is 12.7. The van der Waals surface area contributed by atoms with E-state index in [0.717, 1.165) is 50.8 Å². The van der Waals surface area contributed by atoms with Crippen LogP contribution in [0.5, 0.6) is 11.5 Å². The second kappa shape index (κ2) is 15.4. The molecule has 11 aromatic carbocycles. The standard InChI is InChI=1S/C68H43NOS/c1-2-17-44(18-3-1)45-33-35-46(36-34-45)47-19-16-20-48(41-47)69(49-37-39-64-61(42-49)67(59-29-12-14-31-63(59)70-64)55-25-8-4-21-51(55)52-22-5-9-26-56(52)67)50-38-40-66-62(43-50)68(60-30-13-15-32-65(60)71-66)57-27-10-6-23-53(57)54-24-7-11-28-58(54)68/h1-43H. The maximum Gasteiger partial charge on any atom is 0.132 e. The Kier molecular flexibility index (Phi) is 8.76. The van der Waals surface area contributed by atoms with E-state index in [1.807, 2.05) is 11.8 Å². The Morgan fingerprint density at radius 3 is 1.32 bits per heavy atom. The van der Waals surface area contributed by atoms with E-state index in [1.54, 1.807) is 0 Å². The first-order chi connectivity index (χ1) is 35.2. The minimum Gasteiger partial charge on any atom is -0.457 e. The molecule has 0 aromatic heterocycles. The first kappa shape index (κ1) is 40.3. The molecule has 0 amide bonds. The Hall–Kier alpha value is -8.63. The highest BCUT2D eigenvalue weighted by Crippen LogP contribution is 2.65. The monoisotopic (exact) mass is 921 g/mol. The Bertz CT molecular complexity index is 3680. The highest BCUT2D eigenvalue weighted by molar-refractivity contribution is 7.99. The number of ether oxygens (including phenoxy) is 1. The minimum atomic E-state index is -0.612. The highest BCUT2D eigenvalue weighted by Gasteiger charge is 2.52. The molecule has 2 spiro atoms. The topological polar surface area (TPSA) is 12.5 Å². The molecule has 3 heteroatoms. The summed E-state index contributed by atoms with van der Waals surface area (Å²) in [7, 11) is 0. The van der Waals surface area contributed by atoms with Crippen LogP contribution >= 0.6 is 11.8 Å². The third-order valence-electron chi connectivity index (χ3n) is 15.6. The van der Waals surface area contributed by atoms with Crippen LogP contribution in [0, 0.1) is 0 Å². The van der Waals surface area contributed by atoms with Crippen LogP contribution in [0.25, 0.3) is 44.5 Å². The Balaban J connectivity index is 0.980. The van der Waals surface area contributed by atoms with Crippen LogP contribution in [0.4, 0.5) is 17.1 Å². The number of para-hydroxylation sites is 1. The minimum absolute atomic E-state index is 0.525. The average molecular weight is 922 g/mol. The molecule has 11 aromatic rings. The molecule has 0 unspecified atom stereocenters. The van der Waals surface area contributed by atoms with Gasteiger partial charge in [0.25, 0.3) is 0 Å². The SMILES string of the molecule is c1ccc(-c2ccc(-c3cccc(N(c4ccc5c(c4)C4(c6ccccc6O5)c5ccccc5-c5ccccc54)c4ccc5c(c4)C4(c6ccccc6S5)c5ccccc5-c5ccccc54)c3)cc2)cc1. The molecule has 71 heavy (non-hydrogen) atoms. The Labute approximate surface area is 418 Å². The predicted octanol–water partition coefficient (Wildman–Crippen LogP) is 17.8. The molecule has 0 saturated heterocycles. The molecule has 2 aliphatic carbocycles. The normalized spacial score (nSPS) is 14.2. The number of benzene rings is 11. The van der Waals surface area contributed by atoms with E-state index in [2.05, 4.69) is 266 Å². The summed E-state index contributed by atoms with van der Waals surface area (Å²) in [5.41, 5.74) is 22.0. The van der Waals surface area contributed by atoms with Gasteiger partial charge in [-0.25, -0.2) is 0 Å². The highest BCUT2D eigenvalue weighted by atomic mass is 32.2. The van der Waals surface area contributed by atoms with Gasteiger partial charge in [-0.3, -0.25) is 0 Å². The van der Waals surface area contributed by atoms with Crippen molar-refractivity contribution in [3.05, 3.63) is 305 Å². The summed E-state index contributed by atoms with van der Waals surface area (Å²) in [5.74, 6) is 1.75. The lowest BCUT2D eigenvalue weighted by Crippen LogP contribution is -2.32. The third-order valence-corrected chi connectivity index (χ3v) is 16.8. The van der Waals surface area contributed by atoms with Gasteiger partial charge >= 0.3 is 0 Å². The predicted molar refractivity (Wildman–Crippen MR) is 291 cm³/mol. The Morgan fingerprint density at radius 1 is 0.268 bits per heavy atom. The summed E-state index contributed by atoms with van der Waals surface area (Å²) in [6.45, 7) is 0. The molecule has 0 bridgehead atoms. The lowest BCUT2D eigenvalue weighted by atomic mass is 9.66. The number of fused-ring (bicyclic) bond motifs is 18. The van der Waals surface area contributed by atoms with Crippen molar-refractivity contribution in [3.63, 3.8) is 0 Å². The fourth-order valence-corrected chi connectivity index (χ4v) is 13.9. The van der Waals surface area contributed by atoms with Crippen molar-refractivity contribution in [1.82, 2.24) is 0 Å². The lowest BCUT2D eigenvalue weighted by Gasteiger charge is -2.41. The Morgan fingerprint density at radius 2 is 0.690 bits per heavy atom. The number of hydrogen-bond acceptors (Lipinski definition) is 3. The largest absolute Gasteiger partial charge is 0.457 e.